The van der Waals surface area contributed by atoms with Gasteiger partial charge in [-0.3, -0.25) is 0 Å². The SMILES string of the molecule is CC[C@@H](O)COc1ccc(C(C)(C)c2ccc(OC[C@H](O)CCl)cc2)cc1. The lowest BCUT2D eigenvalue weighted by Gasteiger charge is -2.26. The third-order valence-electron chi connectivity index (χ3n) is 4.69. The van der Waals surface area contributed by atoms with Crippen LogP contribution in [0.15, 0.2) is 48.5 Å². The minimum atomic E-state index is -0.665. The zero-order chi connectivity index (χ0) is 19.9. The lowest BCUT2D eigenvalue weighted by Crippen LogP contribution is -2.20. The smallest absolute Gasteiger partial charge is 0.119 e. The molecule has 2 rings (SSSR count). The van der Waals surface area contributed by atoms with E-state index in [2.05, 4.69) is 26.0 Å². The van der Waals surface area contributed by atoms with E-state index < -0.39 is 12.2 Å². The van der Waals surface area contributed by atoms with Crippen LogP contribution in [-0.2, 0) is 5.41 Å². The van der Waals surface area contributed by atoms with Gasteiger partial charge in [-0.1, -0.05) is 45.0 Å². The number of hydrogen-bond donors (Lipinski definition) is 2. The van der Waals surface area contributed by atoms with E-state index in [1.54, 1.807) is 0 Å². The summed E-state index contributed by atoms with van der Waals surface area (Å²) in [5.74, 6) is 1.61. The molecule has 2 N–H and O–H groups in total. The van der Waals surface area contributed by atoms with E-state index >= 15 is 0 Å². The van der Waals surface area contributed by atoms with Crippen molar-refractivity contribution >= 4 is 11.6 Å². The molecule has 0 fully saturated rings. The molecule has 0 saturated carbocycles. The van der Waals surface area contributed by atoms with E-state index in [0.717, 1.165) is 16.9 Å². The maximum Gasteiger partial charge on any atom is 0.119 e. The number of aliphatic hydroxyl groups excluding tert-OH is 2. The lowest BCUT2D eigenvalue weighted by molar-refractivity contribution is 0.104. The van der Waals surface area contributed by atoms with Gasteiger partial charge in [-0.05, 0) is 41.8 Å². The second kappa shape index (κ2) is 9.98. The van der Waals surface area contributed by atoms with Gasteiger partial charge in [0.05, 0.1) is 12.0 Å². The van der Waals surface area contributed by atoms with E-state index in [-0.39, 0.29) is 17.9 Å². The number of ether oxygens (including phenoxy) is 2. The highest BCUT2D eigenvalue weighted by Crippen LogP contribution is 2.33. The molecular formula is C22H29ClO4. The van der Waals surface area contributed by atoms with E-state index in [4.69, 9.17) is 21.1 Å². The Morgan fingerprint density at radius 1 is 0.815 bits per heavy atom. The first-order valence-electron chi connectivity index (χ1n) is 9.25. The first-order valence-corrected chi connectivity index (χ1v) is 9.79. The summed E-state index contributed by atoms with van der Waals surface area (Å²) in [6.07, 6.45) is -0.426. The van der Waals surface area contributed by atoms with Crippen molar-refractivity contribution < 1.29 is 19.7 Å². The van der Waals surface area contributed by atoms with Crippen molar-refractivity contribution in [1.82, 2.24) is 0 Å². The Balaban J connectivity index is 2.04. The highest BCUT2D eigenvalue weighted by molar-refractivity contribution is 6.18. The molecule has 0 amide bonds. The summed E-state index contributed by atoms with van der Waals surface area (Å²) in [5.41, 5.74) is 2.13. The van der Waals surface area contributed by atoms with Crippen molar-refractivity contribution in [2.45, 2.75) is 44.8 Å². The summed E-state index contributed by atoms with van der Waals surface area (Å²) in [4.78, 5) is 0. The Hall–Kier alpha value is -1.75. The molecule has 0 aromatic heterocycles. The quantitative estimate of drug-likeness (QED) is 0.596. The Labute approximate surface area is 166 Å². The fraction of sp³-hybridized carbons (Fsp3) is 0.455. The lowest BCUT2D eigenvalue weighted by atomic mass is 9.78. The summed E-state index contributed by atoms with van der Waals surface area (Å²) < 4.78 is 11.1. The van der Waals surface area contributed by atoms with Crippen LogP contribution in [0, 0.1) is 0 Å². The molecule has 0 aliphatic rings. The number of hydrogen-bond acceptors (Lipinski definition) is 4. The minimum Gasteiger partial charge on any atom is -0.491 e. The molecule has 0 aliphatic carbocycles. The topological polar surface area (TPSA) is 58.9 Å². The Morgan fingerprint density at radius 2 is 1.22 bits per heavy atom. The fourth-order valence-electron chi connectivity index (χ4n) is 2.65. The number of rotatable bonds is 10. The van der Waals surface area contributed by atoms with Crippen LogP contribution >= 0.6 is 11.6 Å². The second-order valence-electron chi connectivity index (χ2n) is 7.17. The average molecular weight is 393 g/mol. The van der Waals surface area contributed by atoms with Crippen molar-refractivity contribution in [3.05, 3.63) is 59.7 Å². The maximum absolute atomic E-state index is 9.60. The number of benzene rings is 2. The fourth-order valence-corrected chi connectivity index (χ4v) is 2.74. The zero-order valence-electron chi connectivity index (χ0n) is 16.2. The molecule has 5 heteroatoms. The molecule has 148 valence electrons. The van der Waals surface area contributed by atoms with Crippen LogP contribution in [-0.4, -0.2) is 41.5 Å². The average Bonchev–Trinajstić information content (AvgIpc) is 2.70. The maximum atomic E-state index is 9.60. The monoisotopic (exact) mass is 392 g/mol. The first-order chi connectivity index (χ1) is 12.9. The molecule has 2 atom stereocenters. The molecule has 0 heterocycles. The standard InChI is InChI=1S/C22H29ClO4/c1-4-18(24)14-26-20-9-5-16(6-10-20)22(2,3)17-7-11-21(12-8-17)27-15-19(25)13-23/h5-12,18-19,24-25H,4,13-15H2,1-3H3/t18-,19-/m1/s1. The minimum absolute atomic E-state index is 0.155. The van der Waals surface area contributed by atoms with E-state index in [0.29, 0.717) is 18.8 Å². The predicted molar refractivity (Wildman–Crippen MR) is 109 cm³/mol. The van der Waals surface area contributed by atoms with Crippen LogP contribution in [0.2, 0.25) is 0 Å². The largest absolute Gasteiger partial charge is 0.491 e. The summed E-state index contributed by atoms with van der Waals surface area (Å²) in [6.45, 7) is 6.74. The molecule has 0 saturated heterocycles. The number of aliphatic hydroxyl groups is 2. The molecule has 0 spiro atoms. The normalized spacial score (nSPS) is 13.9. The molecule has 0 aliphatic heterocycles. The zero-order valence-corrected chi connectivity index (χ0v) is 16.9. The second-order valence-corrected chi connectivity index (χ2v) is 7.47. The van der Waals surface area contributed by atoms with Gasteiger partial charge in [-0.25, -0.2) is 0 Å². The van der Waals surface area contributed by atoms with Crippen LogP contribution in [0.1, 0.15) is 38.3 Å². The molecule has 0 unspecified atom stereocenters. The third kappa shape index (κ3) is 6.13. The molecule has 0 radical (unpaired) electrons. The van der Waals surface area contributed by atoms with Gasteiger partial charge in [0, 0.05) is 5.41 Å². The first kappa shape index (κ1) is 21.5. The van der Waals surface area contributed by atoms with Gasteiger partial charge in [0.25, 0.3) is 0 Å². The summed E-state index contributed by atoms with van der Waals surface area (Å²) in [6, 6.07) is 15.8. The molecule has 0 bridgehead atoms. The van der Waals surface area contributed by atoms with Gasteiger partial charge in [0.1, 0.15) is 30.8 Å². The van der Waals surface area contributed by atoms with Crippen LogP contribution in [0.25, 0.3) is 0 Å². The van der Waals surface area contributed by atoms with E-state index in [1.165, 1.54) is 0 Å². The summed E-state index contributed by atoms with van der Waals surface area (Å²) in [5, 5.41) is 19.1. The Bertz CT molecular complexity index is 623. The van der Waals surface area contributed by atoms with Crippen molar-refractivity contribution in [2.24, 2.45) is 0 Å². The van der Waals surface area contributed by atoms with Crippen molar-refractivity contribution in [2.75, 3.05) is 19.1 Å². The van der Waals surface area contributed by atoms with Gasteiger partial charge in [0.2, 0.25) is 0 Å². The number of alkyl halides is 1. The van der Waals surface area contributed by atoms with Crippen molar-refractivity contribution in [3.63, 3.8) is 0 Å². The predicted octanol–water partition coefficient (Wildman–Crippen LogP) is 4.14. The van der Waals surface area contributed by atoms with Crippen LogP contribution in [0.5, 0.6) is 11.5 Å². The van der Waals surface area contributed by atoms with Gasteiger partial charge >= 0.3 is 0 Å². The van der Waals surface area contributed by atoms with Gasteiger partial charge < -0.3 is 19.7 Å². The molecule has 2 aromatic carbocycles. The van der Waals surface area contributed by atoms with E-state index in [9.17, 15) is 10.2 Å². The molecule has 2 aromatic rings. The highest BCUT2D eigenvalue weighted by atomic mass is 35.5. The van der Waals surface area contributed by atoms with Crippen LogP contribution < -0.4 is 9.47 Å². The van der Waals surface area contributed by atoms with Crippen molar-refractivity contribution in [3.8, 4) is 11.5 Å². The van der Waals surface area contributed by atoms with Gasteiger partial charge in [-0.15, -0.1) is 11.6 Å². The Kier molecular flexibility index (Phi) is 7.96. The van der Waals surface area contributed by atoms with Gasteiger partial charge in [-0.2, -0.15) is 0 Å². The Morgan fingerprint density at radius 3 is 1.59 bits per heavy atom. The van der Waals surface area contributed by atoms with Crippen molar-refractivity contribution in [1.29, 1.82) is 0 Å². The summed E-state index contributed by atoms with van der Waals surface area (Å²) >= 11 is 5.57. The molecule has 27 heavy (non-hydrogen) atoms. The summed E-state index contributed by atoms with van der Waals surface area (Å²) in [7, 11) is 0. The third-order valence-corrected chi connectivity index (χ3v) is 5.04. The highest BCUT2D eigenvalue weighted by Gasteiger charge is 2.23. The van der Waals surface area contributed by atoms with E-state index in [1.807, 2.05) is 43.3 Å². The van der Waals surface area contributed by atoms with Gasteiger partial charge in [0.15, 0.2) is 0 Å². The van der Waals surface area contributed by atoms with Crippen LogP contribution in [0.3, 0.4) is 0 Å². The molecular weight excluding hydrogens is 364 g/mol. The number of halogens is 1. The van der Waals surface area contributed by atoms with Crippen LogP contribution in [0.4, 0.5) is 0 Å². The molecule has 4 nitrogen and oxygen atoms in total.